The Hall–Kier alpha value is 0.170. The molecule has 11 heavy (non-hydrogen) atoms. The standard InChI is InChI=1S/C7H14O2S2/c1-7(2,3)4-9-5(8)6(10)11/h6,10-11H,4H2,1-3H3. The summed E-state index contributed by atoms with van der Waals surface area (Å²) in [5.41, 5.74) is 0.00606. The molecule has 0 aromatic carbocycles. The molecule has 0 radical (unpaired) electrons. The first-order chi connectivity index (χ1) is 4.83. The predicted octanol–water partition coefficient (Wildman–Crippen LogP) is 1.76. The number of ether oxygens (including phenoxy) is 1. The third-order valence-corrected chi connectivity index (χ3v) is 1.28. The van der Waals surface area contributed by atoms with Gasteiger partial charge in [0, 0.05) is 0 Å². The largest absolute Gasteiger partial charge is 0.464 e. The molecule has 0 amide bonds. The van der Waals surface area contributed by atoms with Crippen molar-refractivity contribution in [2.24, 2.45) is 5.41 Å². The van der Waals surface area contributed by atoms with Gasteiger partial charge in [-0.1, -0.05) is 20.8 Å². The van der Waals surface area contributed by atoms with Crippen molar-refractivity contribution in [2.75, 3.05) is 6.61 Å². The van der Waals surface area contributed by atoms with Crippen LogP contribution in [0.15, 0.2) is 0 Å². The lowest BCUT2D eigenvalue weighted by Crippen LogP contribution is -2.21. The van der Waals surface area contributed by atoms with Crippen LogP contribution in [0.3, 0.4) is 0 Å². The Balaban J connectivity index is 3.64. The van der Waals surface area contributed by atoms with Gasteiger partial charge in [0.25, 0.3) is 0 Å². The maximum Gasteiger partial charge on any atom is 0.328 e. The highest BCUT2D eigenvalue weighted by atomic mass is 32.2. The number of carbonyl (C=O) groups excluding carboxylic acids is 1. The molecule has 0 aromatic heterocycles. The molecule has 2 nitrogen and oxygen atoms in total. The second kappa shape index (κ2) is 4.26. The summed E-state index contributed by atoms with van der Waals surface area (Å²) in [5.74, 6) is -0.383. The number of hydrogen-bond donors (Lipinski definition) is 2. The van der Waals surface area contributed by atoms with Gasteiger partial charge in [0.05, 0.1) is 6.61 Å². The third-order valence-electron chi connectivity index (χ3n) is 0.858. The minimum atomic E-state index is -0.627. The molecule has 0 rings (SSSR count). The highest BCUT2D eigenvalue weighted by molar-refractivity contribution is 8.00. The molecule has 0 atom stereocenters. The van der Waals surface area contributed by atoms with Crippen molar-refractivity contribution >= 4 is 31.2 Å². The van der Waals surface area contributed by atoms with Crippen LogP contribution in [0.4, 0.5) is 0 Å². The molecule has 0 bridgehead atoms. The molecule has 0 saturated carbocycles. The summed E-state index contributed by atoms with van der Waals surface area (Å²) in [6.07, 6.45) is 0. The summed E-state index contributed by atoms with van der Waals surface area (Å²) in [5, 5.41) is 0. The van der Waals surface area contributed by atoms with Crippen LogP contribution in [0.5, 0.6) is 0 Å². The van der Waals surface area contributed by atoms with Crippen LogP contribution in [0.1, 0.15) is 20.8 Å². The summed E-state index contributed by atoms with van der Waals surface area (Å²) < 4.78 is 4.25. The lowest BCUT2D eigenvalue weighted by molar-refractivity contribution is -0.143. The molecule has 66 valence electrons. The number of hydrogen-bond acceptors (Lipinski definition) is 4. The van der Waals surface area contributed by atoms with E-state index in [2.05, 4.69) is 25.3 Å². The molecule has 0 aliphatic rings. The van der Waals surface area contributed by atoms with E-state index in [1.165, 1.54) is 0 Å². The van der Waals surface area contributed by atoms with Crippen LogP contribution in [-0.4, -0.2) is 17.2 Å². The van der Waals surface area contributed by atoms with Gasteiger partial charge in [-0.15, -0.1) is 0 Å². The van der Waals surface area contributed by atoms with E-state index in [4.69, 9.17) is 4.74 Å². The topological polar surface area (TPSA) is 26.3 Å². The monoisotopic (exact) mass is 194 g/mol. The summed E-state index contributed by atoms with van der Waals surface area (Å²) in [7, 11) is 0. The van der Waals surface area contributed by atoms with E-state index in [0.29, 0.717) is 6.61 Å². The zero-order valence-corrected chi connectivity index (χ0v) is 8.78. The van der Waals surface area contributed by atoms with Gasteiger partial charge in [-0.25, -0.2) is 4.79 Å². The zero-order chi connectivity index (χ0) is 9.07. The molecule has 0 spiro atoms. The minimum Gasteiger partial charge on any atom is -0.464 e. The zero-order valence-electron chi connectivity index (χ0n) is 7.00. The smallest absolute Gasteiger partial charge is 0.328 e. The van der Waals surface area contributed by atoms with Crippen LogP contribution in [0.2, 0.25) is 0 Å². The van der Waals surface area contributed by atoms with Gasteiger partial charge >= 0.3 is 5.97 Å². The Morgan fingerprint density at radius 3 is 2.18 bits per heavy atom. The van der Waals surface area contributed by atoms with Crippen molar-refractivity contribution in [1.29, 1.82) is 0 Å². The van der Waals surface area contributed by atoms with E-state index in [-0.39, 0.29) is 11.4 Å². The fourth-order valence-corrected chi connectivity index (χ4v) is 0.511. The quantitative estimate of drug-likeness (QED) is 0.398. The maximum atomic E-state index is 10.8. The van der Waals surface area contributed by atoms with Crippen LogP contribution >= 0.6 is 25.3 Å². The van der Waals surface area contributed by atoms with E-state index in [0.717, 1.165) is 0 Å². The molecule has 0 N–H and O–H groups in total. The van der Waals surface area contributed by atoms with Crippen molar-refractivity contribution in [3.05, 3.63) is 0 Å². The third kappa shape index (κ3) is 6.56. The van der Waals surface area contributed by atoms with Gasteiger partial charge in [0.15, 0.2) is 0 Å². The van der Waals surface area contributed by atoms with E-state index < -0.39 is 4.58 Å². The highest BCUT2D eigenvalue weighted by Crippen LogP contribution is 2.14. The van der Waals surface area contributed by atoms with E-state index in [1.807, 2.05) is 20.8 Å². The minimum absolute atomic E-state index is 0.00606. The fourth-order valence-electron chi connectivity index (χ4n) is 0.362. The van der Waals surface area contributed by atoms with Gasteiger partial charge in [-0.05, 0) is 5.41 Å². The maximum absolute atomic E-state index is 10.8. The Kier molecular flexibility index (Phi) is 4.32. The SMILES string of the molecule is CC(C)(C)COC(=O)C(S)S. The molecule has 0 heterocycles. The molecule has 4 heteroatoms. The van der Waals surface area contributed by atoms with Crippen LogP contribution in [-0.2, 0) is 9.53 Å². The van der Waals surface area contributed by atoms with E-state index in [1.54, 1.807) is 0 Å². The van der Waals surface area contributed by atoms with Gasteiger partial charge in [0.2, 0.25) is 0 Å². The summed E-state index contributed by atoms with van der Waals surface area (Å²) in [4.78, 5) is 10.8. The normalized spacial score (nSPS) is 11.8. The lowest BCUT2D eigenvalue weighted by atomic mass is 9.99. The number of esters is 1. The van der Waals surface area contributed by atoms with Gasteiger partial charge < -0.3 is 4.74 Å². The molecule has 0 fully saturated rings. The van der Waals surface area contributed by atoms with Crippen molar-refractivity contribution in [1.82, 2.24) is 0 Å². The average molecular weight is 194 g/mol. The first-order valence-electron chi connectivity index (χ1n) is 3.36. The average Bonchev–Trinajstić information content (AvgIpc) is 1.80. The Morgan fingerprint density at radius 1 is 1.45 bits per heavy atom. The van der Waals surface area contributed by atoms with Crippen molar-refractivity contribution in [3.63, 3.8) is 0 Å². The Morgan fingerprint density at radius 2 is 1.91 bits per heavy atom. The first-order valence-corrected chi connectivity index (χ1v) is 4.39. The molecule has 0 saturated heterocycles. The number of rotatable bonds is 2. The number of thiol groups is 2. The highest BCUT2D eigenvalue weighted by Gasteiger charge is 2.16. The van der Waals surface area contributed by atoms with Gasteiger partial charge in [-0.2, -0.15) is 25.3 Å². The molecule has 0 aliphatic carbocycles. The second-order valence-electron chi connectivity index (χ2n) is 3.54. The summed E-state index contributed by atoms with van der Waals surface area (Å²) in [6.45, 7) is 6.38. The predicted molar refractivity (Wildman–Crippen MR) is 52.2 cm³/mol. The van der Waals surface area contributed by atoms with Crippen molar-refractivity contribution in [3.8, 4) is 0 Å². The molecular formula is C7H14O2S2. The molecule has 0 unspecified atom stereocenters. The molecule has 0 aromatic rings. The summed E-state index contributed by atoms with van der Waals surface area (Å²) in [6, 6.07) is 0. The fraction of sp³-hybridized carbons (Fsp3) is 0.857. The number of carbonyl (C=O) groups is 1. The van der Waals surface area contributed by atoms with E-state index >= 15 is 0 Å². The van der Waals surface area contributed by atoms with Crippen LogP contribution < -0.4 is 0 Å². The first kappa shape index (κ1) is 11.2. The van der Waals surface area contributed by atoms with Crippen molar-refractivity contribution < 1.29 is 9.53 Å². The van der Waals surface area contributed by atoms with Crippen LogP contribution in [0, 0.1) is 5.41 Å². The molecule has 0 aliphatic heterocycles. The van der Waals surface area contributed by atoms with Gasteiger partial charge in [-0.3, -0.25) is 0 Å². The lowest BCUT2D eigenvalue weighted by Gasteiger charge is -2.18. The van der Waals surface area contributed by atoms with Crippen molar-refractivity contribution in [2.45, 2.75) is 25.4 Å². The Labute approximate surface area is 78.5 Å². The summed E-state index contributed by atoms with van der Waals surface area (Å²) >= 11 is 7.62. The van der Waals surface area contributed by atoms with E-state index in [9.17, 15) is 4.79 Å². The molecular weight excluding hydrogens is 180 g/mol. The van der Waals surface area contributed by atoms with Crippen LogP contribution in [0.25, 0.3) is 0 Å². The Bertz CT molecular complexity index is 138. The van der Waals surface area contributed by atoms with Gasteiger partial charge in [0.1, 0.15) is 4.58 Å². The second-order valence-corrected chi connectivity index (χ2v) is 4.98.